The summed E-state index contributed by atoms with van der Waals surface area (Å²) in [5.41, 5.74) is -3.53. The number of aliphatic hydroxyl groups is 1. The summed E-state index contributed by atoms with van der Waals surface area (Å²) in [4.78, 5) is 18.8. The third-order valence-electron chi connectivity index (χ3n) is 8.29. The van der Waals surface area contributed by atoms with Gasteiger partial charge in [0.1, 0.15) is 23.5 Å². The molecule has 44 heavy (non-hydrogen) atoms. The van der Waals surface area contributed by atoms with E-state index in [2.05, 4.69) is 15.5 Å². The Balaban J connectivity index is 1.59. The summed E-state index contributed by atoms with van der Waals surface area (Å²) >= 11 is 0. The van der Waals surface area contributed by atoms with E-state index in [0.717, 1.165) is 12.1 Å². The van der Waals surface area contributed by atoms with Gasteiger partial charge in [-0.2, -0.15) is 13.2 Å². The summed E-state index contributed by atoms with van der Waals surface area (Å²) in [5.74, 6) is -4.37. The van der Waals surface area contributed by atoms with Gasteiger partial charge in [0, 0.05) is 50.5 Å². The van der Waals surface area contributed by atoms with Crippen LogP contribution in [0.4, 0.5) is 43.4 Å². The third kappa shape index (κ3) is 6.24. The number of halogens is 6. The van der Waals surface area contributed by atoms with E-state index < -0.39 is 58.2 Å². The van der Waals surface area contributed by atoms with Crippen LogP contribution >= 0.6 is 0 Å². The summed E-state index contributed by atoms with van der Waals surface area (Å²) in [6.45, 7) is 6.08. The van der Waals surface area contributed by atoms with Crippen LogP contribution in [0.15, 0.2) is 47.7 Å². The molecule has 0 radical (unpaired) electrons. The molecule has 2 saturated heterocycles. The average Bonchev–Trinajstić information content (AvgIpc) is 2.97. The molecule has 0 bridgehead atoms. The molecular formula is C30H33F6N5O3. The highest BCUT2D eigenvalue weighted by molar-refractivity contribution is 6.09. The fraction of sp³-hybridized carbons (Fsp3) is 0.433. The van der Waals surface area contributed by atoms with Crippen molar-refractivity contribution in [2.24, 2.45) is 0 Å². The second-order valence-corrected chi connectivity index (χ2v) is 11.2. The number of aliphatic hydroxyl groups excluding tert-OH is 1. The molecule has 0 aromatic heterocycles. The molecule has 2 fully saturated rings. The van der Waals surface area contributed by atoms with Gasteiger partial charge in [-0.05, 0) is 44.7 Å². The summed E-state index contributed by atoms with van der Waals surface area (Å²) in [5, 5.41) is 14.1. The zero-order valence-electron chi connectivity index (χ0n) is 24.3. The Morgan fingerprint density at radius 3 is 2.27 bits per heavy atom. The van der Waals surface area contributed by atoms with Gasteiger partial charge in [0.05, 0.1) is 41.3 Å². The first-order valence-electron chi connectivity index (χ1n) is 14.1. The highest BCUT2D eigenvalue weighted by Crippen LogP contribution is 2.41. The number of ether oxygens (including phenoxy) is 1. The van der Waals surface area contributed by atoms with Gasteiger partial charge in [0.2, 0.25) is 0 Å². The Bertz CT molecular complexity index is 1480. The Kier molecular flexibility index (Phi) is 8.87. The lowest BCUT2D eigenvalue weighted by atomic mass is 9.99. The van der Waals surface area contributed by atoms with Gasteiger partial charge in [-0.15, -0.1) is 0 Å². The first-order chi connectivity index (χ1) is 20.8. The molecule has 3 aliphatic heterocycles. The van der Waals surface area contributed by atoms with E-state index in [9.17, 15) is 23.1 Å². The fourth-order valence-electron chi connectivity index (χ4n) is 5.72. The zero-order valence-corrected chi connectivity index (χ0v) is 24.3. The largest absolute Gasteiger partial charge is 0.417 e. The van der Waals surface area contributed by atoms with Crippen LogP contribution in [-0.2, 0) is 9.53 Å². The minimum atomic E-state index is -5.01. The van der Waals surface area contributed by atoms with E-state index in [1.54, 1.807) is 9.80 Å². The summed E-state index contributed by atoms with van der Waals surface area (Å²) in [7, 11) is 1.90. The van der Waals surface area contributed by atoms with Crippen molar-refractivity contribution in [3.05, 3.63) is 65.1 Å². The lowest BCUT2D eigenvalue weighted by Gasteiger charge is -2.44. The van der Waals surface area contributed by atoms with Gasteiger partial charge < -0.3 is 30.3 Å². The summed E-state index contributed by atoms with van der Waals surface area (Å²) < 4.78 is 94.1. The van der Waals surface area contributed by atoms with Gasteiger partial charge in [0.15, 0.2) is 5.82 Å². The molecule has 5 rings (SSSR count). The van der Waals surface area contributed by atoms with E-state index in [0.29, 0.717) is 51.7 Å². The number of nitrogens with zero attached hydrogens (tertiary/aromatic N) is 3. The third-order valence-corrected chi connectivity index (χ3v) is 8.29. The van der Waals surface area contributed by atoms with Gasteiger partial charge in [-0.25, -0.2) is 13.2 Å². The van der Waals surface area contributed by atoms with Crippen molar-refractivity contribution >= 4 is 23.0 Å². The molecule has 2 aromatic carbocycles. The fourth-order valence-corrected chi connectivity index (χ4v) is 5.72. The Labute approximate surface area is 250 Å². The molecule has 14 heteroatoms. The van der Waals surface area contributed by atoms with E-state index in [4.69, 9.17) is 4.74 Å². The van der Waals surface area contributed by atoms with Crippen molar-refractivity contribution in [1.82, 2.24) is 10.2 Å². The molecule has 238 valence electrons. The smallest absolute Gasteiger partial charge is 0.378 e. The maximum atomic E-state index is 16.5. The van der Waals surface area contributed by atoms with Crippen LogP contribution in [0.5, 0.6) is 0 Å². The molecule has 0 aliphatic carbocycles. The topological polar surface area (TPSA) is 80.3 Å². The molecule has 1 unspecified atom stereocenters. The number of carbonyl (C=O) groups is 1. The number of hydrogen-bond donors (Lipinski definition) is 3. The van der Waals surface area contributed by atoms with Gasteiger partial charge in [-0.1, -0.05) is 6.07 Å². The number of carbonyl (C=O) groups excluding carboxylic acids is 1. The maximum Gasteiger partial charge on any atom is 0.417 e. The number of benzene rings is 2. The molecule has 3 atom stereocenters. The molecule has 8 nitrogen and oxygen atoms in total. The number of morpholine rings is 1. The number of hydrogen-bond acceptors (Lipinski definition) is 7. The molecule has 3 N–H and O–H groups in total. The lowest BCUT2D eigenvalue weighted by molar-refractivity contribution is -0.115. The van der Waals surface area contributed by atoms with Crippen LogP contribution < -0.4 is 20.4 Å². The number of dihydropyridines is 1. The lowest BCUT2D eigenvalue weighted by Crippen LogP contribution is -2.55. The standard InChI is InChI=1S/C30H33F6N5O3/c1-16-14-41(15-17(2)39(16)3)24-12-22(32)26(18-4-5-23(21(31)10-18)40-6-8-44-9-7-40)27(33)28(24)38-29(43)19-13-37-25(42)11-20(19)30(34,35)36/h4-5,10-13,16-17,25,37,42H,6-9,14-15H2,1-3H3,(H,38,43)/t16-,17+,25?. The van der Waals surface area contributed by atoms with Crippen LogP contribution in [0.25, 0.3) is 11.1 Å². The predicted molar refractivity (Wildman–Crippen MR) is 154 cm³/mol. The molecule has 0 spiro atoms. The van der Waals surface area contributed by atoms with Crippen molar-refractivity contribution < 1.29 is 41.0 Å². The number of piperazine rings is 1. The van der Waals surface area contributed by atoms with Gasteiger partial charge >= 0.3 is 6.18 Å². The number of amides is 1. The van der Waals surface area contributed by atoms with Crippen molar-refractivity contribution in [1.29, 1.82) is 0 Å². The van der Waals surface area contributed by atoms with E-state index >= 15 is 13.2 Å². The summed E-state index contributed by atoms with van der Waals surface area (Å²) in [6.07, 6.45) is -5.60. The van der Waals surface area contributed by atoms with Crippen LogP contribution in [0.1, 0.15) is 13.8 Å². The SMILES string of the molecule is C[C@@H]1CN(c2cc(F)c(-c3ccc(N4CCOCC4)c(F)c3)c(F)c2NC(=O)C2=CNC(O)C=C2C(F)(F)F)C[C@H](C)N1C. The van der Waals surface area contributed by atoms with E-state index in [1.807, 2.05) is 20.9 Å². The number of likely N-dealkylation sites (N-methyl/N-ethyl adjacent to an activating group) is 1. The Morgan fingerprint density at radius 1 is 1.00 bits per heavy atom. The number of nitrogens with one attached hydrogen (secondary N) is 2. The second kappa shape index (κ2) is 12.3. The molecule has 3 aliphatic rings. The van der Waals surface area contributed by atoms with E-state index in [-0.39, 0.29) is 29.0 Å². The van der Waals surface area contributed by atoms with Gasteiger partial charge in [0.25, 0.3) is 5.91 Å². The molecule has 1 amide bonds. The van der Waals surface area contributed by atoms with Crippen molar-refractivity contribution in [3.8, 4) is 11.1 Å². The highest BCUT2D eigenvalue weighted by Gasteiger charge is 2.41. The predicted octanol–water partition coefficient (Wildman–Crippen LogP) is 4.37. The second-order valence-electron chi connectivity index (χ2n) is 11.2. The molecule has 2 aromatic rings. The average molecular weight is 626 g/mol. The molecular weight excluding hydrogens is 592 g/mol. The Hall–Kier alpha value is -3.75. The van der Waals surface area contributed by atoms with Crippen LogP contribution in [0, 0.1) is 17.5 Å². The number of anilines is 3. The van der Waals surface area contributed by atoms with Crippen molar-refractivity contribution in [2.75, 3.05) is 61.6 Å². The normalized spacial score (nSPS) is 23.2. The van der Waals surface area contributed by atoms with Crippen LogP contribution in [0.2, 0.25) is 0 Å². The maximum absolute atomic E-state index is 16.5. The quantitative estimate of drug-likeness (QED) is 0.426. The van der Waals surface area contributed by atoms with Crippen molar-refractivity contribution in [3.63, 3.8) is 0 Å². The molecule has 3 heterocycles. The number of rotatable bonds is 5. The Morgan fingerprint density at radius 2 is 1.66 bits per heavy atom. The minimum Gasteiger partial charge on any atom is -0.378 e. The van der Waals surface area contributed by atoms with E-state index in [1.165, 1.54) is 12.1 Å². The molecule has 0 saturated carbocycles. The minimum absolute atomic E-state index is 0.0681. The number of alkyl halides is 3. The summed E-state index contributed by atoms with van der Waals surface area (Å²) in [6, 6.07) is 4.60. The van der Waals surface area contributed by atoms with Crippen LogP contribution in [0.3, 0.4) is 0 Å². The first kappa shape index (κ1) is 31.7. The zero-order chi connectivity index (χ0) is 31.9. The van der Waals surface area contributed by atoms with Crippen LogP contribution in [-0.4, -0.2) is 86.8 Å². The monoisotopic (exact) mass is 625 g/mol. The van der Waals surface area contributed by atoms with Gasteiger partial charge in [-0.3, -0.25) is 9.69 Å². The highest BCUT2D eigenvalue weighted by atomic mass is 19.4. The first-order valence-corrected chi connectivity index (χ1v) is 14.1. The van der Waals surface area contributed by atoms with Crippen molar-refractivity contribution in [2.45, 2.75) is 38.3 Å².